The molecule has 0 amide bonds. The van der Waals surface area contributed by atoms with Crippen molar-refractivity contribution in [2.24, 2.45) is 5.92 Å². The lowest BCUT2D eigenvalue weighted by atomic mass is 9.84. The number of carbonyl (C=O) groups is 2. The van der Waals surface area contributed by atoms with E-state index in [0.29, 0.717) is 18.6 Å². The van der Waals surface area contributed by atoms with Crippen LogP contribution in [0.3, 0.4) is 0 Å². The second-order valence-corrected chi connectivity index (χ2v) is 5.24. The first-order valence-electron chi connectivity index (χ1n) is 6.79. The van der Waals surface area contributed by atoms with Gasteiger partial charge in [-0.25, -0.2) is 0 Å². The van der Waals surface area contributed by atoms with Gasteiger partial charge in [-0.3, -0.25) is 9.59 Å². The molecule has 1 saturated carbocycles. The first-order valence-corrected chi connectivity index (χ1v) is 6.79. The molecule has 1 atom stereocenters. The molecule has 96 valence electrons. The SMILES string of the molecule is Cc1ccc(C(=O)CC[C@@H]2CCCCC2=O)cc1. The van der Waals surface area contributed by atoms with Gasteiger partial charge in [0.15, 0.2) is 5.78 Å². The maximum absolute atomic E-state index is 12.0. The molecule has 1 aliphatic rings. The maximum Gasteiger partial charge on any atom is 0.162 e. The van der Waals surface area contributed by atoms with E-state index in [1.165, 1.54) is 0 Å². The highest BCUT2D eigenvalue weighted by Crippen LogP contribution is 2.25. The van der Waals surface area contributed by atoms with Crippen molar-refractivity contribution in [1.82, 2.24) is 0 Å². The van der Waals surface area contributed by atoms with Gasteiger partial charge < -0.3 is 0 Å². The highest BCUT2D eigenvalue weighted by atomic mass is 16.1. The van der Waals surface area contributed by atoms with Crippen LogP contribution >= 0.6 is 0 Å². The van der Waals surface area contributed by atoms with Crippen molar-refractivity contribution >= 4 is 11.6 Å². The third kappa shape index (κ3) is 3.28. The monoisotopic (exact) mass is 244 g/mol. The molecule has 1 fully saturated rings. The van der Waals surface area contributed by atoms with E-state index in [2.05, 4.69) is 0 Å². The summed E-state index contributed by atoms with van der Waals surface area (Å²) in [6.45, 7) is 2.01. The topological polar surface area (TPSA) is 34.1 Å². The molecule has 0 aliphatic heterocycles. The van der Waals surface area contributed by atoms with Crippen LogP contribution in [0, 0.1) is 12.8 Å². The van der Waals surface area contributed by atoms with Crippen molar-refractivity contribution < 1.29 is 9.59 Å². The van der Waals surface area contributed by atoms with Gasteiger partial charge in [0.25, 0.3) is 0 Å². The van der Waals surface area contributed by atoms with Gasteiger partial charge in [0, 0.05) is 24.3 Å². The van der Waals surface area contributed by atoms with Gasteiger partial charge in [0.05, 0.1) is 0 Å². The van der Waals surface area contributed by atoms with Gasteiger partial charge in [0.2, 0.25) is 0 Å². The number of hydrogen-bond acceptors (Lipinski definition) is 2. The van der Waals surface area contributed by atoms with E-state index in [-0.39, 0.29) is 11.7 Å². The van der Waals surface area contributed by atoms with E-state index < -0.39 is 0 Å². The highest BCUT2D eigenvalue weighted by molar-refractivity contribution is 5.96. The Morgan fingerprint density at radius 1 is 1.22 bits per heavy atom. The summed E-state index contributed by atoms with van der Waals surface area (Å²) in [5.74, 6) is 0.652. The van der Waals surface area contributed by atoms with Crippen molar-refractivity contribution in [3.63, 3.8) is 0 Å². The summed E-state index contributed by atoms with van der Waals surface area (Å²) >= 11 is 0. The molecule has 0 saturated heterocycles. The van der Waals surface area contributed by atoms with Crippen LogP contribution in [0.25, 0.3) is 0 Å². The number of benzene rings is 1. The first-order chi connectivity index (χ1) is 8.66. The molecule has 18 heavy (non-hydrogen) atoms. The Kier molecular flexibility index (Phi) is 4.29. The van der Waals surface area contributed by atoms with Gasteiger partial charge in [0.1, 0.15) is 5.78 Å². The van der Waals surface area contributed by atoms with Gasteiger partial charge in [-0.2, -0.15) is 0 Å². The molecular weight excluding hydrogens is 224 g/mol. The zero-order valence-corrected chi connectivity index (χ0v) is 10.9. The third-order valence-electron chi connectivity index (χ3n) is 3.77. The van der Waals surface area contributed by atoms with Crippen LogP contribution in [0.2, 0.25) is 0 Å². The van der Waals surface area contributed by atoms with Gasteiger partial charge in [-0.05, 0) is 26.2 Å². The standard InChI is InChI=1S/C16H20O2/c1-12-6-8-14(9-7-12)16(18)11-10-13-4-2-3-5-15(13)17/h6-9,13H,2-5,10-11H2,1H3/t13-/m0/s1. The molecule has 2 heteroatoms. The lowest BCUT2D eigenvalue weighted by Gasteiger charge is -2.19. The molecule has 0 N–H and O–H groups in total. The Hall–Kier alpha value is -1.44. The molecule has 0 bridgehead atoms. The number of ketones is 2. The van der Waals surface area contributed by atoms with Crippen molar-refractivity contribution in [2.45, 2.75) is 45.4 Å². The van der Waals surface area contributed by atoms with E-state index in [9.17, 15) is 9.59 Å². The predicted molar refractivity (Wildman–Crippen MR) is 71.7 cm³/mol. The lowest BCUT2D eigenvalue weighted by Crippen LogP contribution is -2.19. The summed E-state index contributed by atoms with van der Waals surface area (Å²) in [6, 6.07) is 7.67. The van der Waals surface area contributed by atoms with Crippen LogP contribution in [0.15, 0.2) is 24.3 Å². The molecule has 0 aromatic heterocycles. The fourth-order valence-corrected chi connectivity index (χ4v) is 2.55. The van der Waals surface area contributed by atoms with E-state index in [0.717, 1.165) is 36.8 Å². The molecular formula is C16H20O2. The van der Waals surface area contributed by atoms with Crippen molar-refractivity contribution in [2.75, 3.05) is 0 Å². The summed E-state index contributed by atoms with van der Waals surface area (Å²) in [7, 11) is 0. The van der Waals surface area contributed by atoms with E-state index in [1.807, 2.05) is 31.2 Å². The quantitative estimate of drug-likeness (QED) is 0.756. The highest BCUT2D eigenvalue weighted by Gasteiger charge is 2.22. The number of rotatable bonds is 4. The number of aryl methyl sites for hydroxylation is 1. The average molecular weight is 244 g/mol. The molecule has 2 rings (SSSR count). The lowest BCUT2D eigenvalue weighted by molar-refractivity contribution is -0.124. The Labute approximate surface area is 108 Å². The van der Waals surface area contributed by atoms with Crippen molar-refractivity contribution in [3.8, 4) is 0 Å². The Balaban J connectivity index is 1.88. The largest absolute Gasteiger partial charge is 0.299 e. The molecule has 2 nitrogen and oxygen atoms in total. The third-order valence-corrected chi connectivity index (χ3v) is 3.77. The first kappa shape index (κ1) is 13.0. The summed E-state index contributed by atoms with van der Waals surface area (Å²) in [5.41, 5.74) is 1.93. The minimum Gasteiger partial charge on any atom is -0.299 e. The molecule has 0 unspecified atom stereocenters. The van der Waals surface area contributed by atoms with Crippen molar-refractivity contribution in [3.05, 3.63) is 35.4 Å². The Morgan fingerprint density at radius 3 is 2.61 bits per heavy atom. The molecule has 0 radical (unpaired) electrons. The van der Waals surface area contributed by atoms with Gasteiger partial charge in [-0.1, -0.05) is 36.2 Å². The normalized spacial score (nSPS) is 19.8. The summed E-state index contributed by atoms with van der Waals surface area (Å²) in [6.07, 6.45) is 5.07. The van der Waals surface area contributed by atoms with Crippen LogP contribution in [0.5, 0.6) is 0 Å². The van der Waals surface area contributed by atoms with Crippen LogP contribution < -0.4 is 0 Å². The van der Waals surface area contributed by atoms with Crippen LogP contribution in [0.1, 0.15) is 54.4 Å². The Bertz CT molecular complexity index is 431. The van der Waals surface area contributed by atoms with E-state index in [4.69, 9.17) is 0 Å². The van der Waals surface area contributed by atoms with Crippen LogP contribution in [-0.4, -0.2) is 11.6 Å². The molecule has 0 heterocycles. The van der Waals surface area contributed by atoms with Crippen molar-refractivity contribution in [1.29, 1.82) is 0 Å². The fourth-order valence-electron chi connectivity index (χ4n) is 2.55. The molecule has 1 aliphatic carbocycles. The Morgan fingerprint density at radius 2 is 1.94 bits per heavy atom. The minimum atomic E-state index is 0.133. The van der Waals surface area contributed by atoms with Crippen LogP contribution in [-0.2, 0) is 4.79 Å². The smallest absolute Gasteiger partial charge is 0.162 e. The number of carbonyl (C=O) groups excluding carboxylic acids is 2. The van der Waals surface area contributed by atoms with Gasteiger partial charge >= 0.3 is 0 Å². The number of hydrogen-bond donors (Lipinski definition) is 0. The van der Waals surface area contributed by atoms with E-state index >= 15 is 0 Å². The predicted octanol–water partition coefficient (Wildman–Crippen LogP) is 3.72. The maximum atomic E-state index is 12.0. The second kappa shape index (κ2) is 5.94. The molecule has 0 spiro atoms. The minimum absolute atomic E-state index is 0.133. The zero-order chi connectivity index (χ0) is 13.0. The summed E-state index contributed by atoms with van der Waals surface area (Å²) < 4.78 is 0. The molecule has 1 aromatic carbocycles. The second-order valence-electron chi connectivity index (χ2n) is 5.24. The average Bonchev–Trinajstić information content (AvgIpc) is 2.38. The van der Waals surface area contributed by atoms with Crippen LogP contribution in [0.4, 0.5) is 0 Å². The van der Waals surface area contributed by atoms with E-state index in [1.54, 1.807) is 0 Å². The van der Waals surface area contributed by atoms with Gasteiger partial charge in [-0.15, -0.1) is 0 Å². The summed E-state index contributed by atoms with van der Waals surface area (Å²) in [4.78, 5) is 23.7. The number of Topliss-reactive ketones (excluding diaryl/α,β-unsaturated/α-hetero) is 2. The zero-order valence-electron chi connectivity index (χ0n) is 10.9. The fraction of sp³-hybridized carbons (Fsp3) is 0.500. The summed E-state index contributed by atoms with van der Waals surface area (Å²) in [5, 5.41) is 0. The molecule has 1 aromatic rings.